The van der Waals surface area contributed by atoms with Gasteiger partial charge in [-0.3, -0.25) is 19.7 Å². The quantitative estimate of drug-likeness (QED) is 0.504. The van der Waals surface area contributed by atoms with Gasteiger partial charge in [0.25, 0.3) is 12.5 Å². The van der Waals surface area contributed by atoms with Gasteiger partial charge in [-0.25, -0.2) is 0 Å². The molecule has 0 atom stereocenters. The highest BCUT2D eigenvalue weighted by Gasteiger charge is 2.16. The molecule has 0 saturated carbocycles. The number of nitrogens with one attached hydrogen (secondary N) is 1. The fourth-order valence-corrected chi connectivity index (χ4v) is 2.24. The number of Topliss-reactive ketones (excluding diaryl/α,β-unsaturated/α-hetero) is 1. The van der Waals surface area contributed by atoms with Crippen LogP contribution in [0.15, 0.2) is 42.5 Å². The summed E-state index contributed by atoms with van der Waals surface area (Å²) in [4.78, 5) is 33.3. The Labute approximate surface area is 141 Å². The summed E-state index contributed by atoms with van der Waals surface area (Å²) >= 11 is 11.7. The van der Waals surface area contributed by atoms with Gasteiger partial charge in [-0.05, 0) is 42.5 Å². The molecule has 8 heteroatoms. The van der Waals surface area contributed by atoms with E-state index < -0.39 is 17.3 Å². The normalized spacial score (nSPS) is 10.2. The van der Waals surface area contributed by atoms with Crippen LogP contribution >= 0.6 is 23.2 Å². The van der Waals surface area contributed by atoms with Crippen LogP contribution in [0.1, 0.15) is 20.7 Å². The van der Waals surface area contributed by atoms with Gasteiger partial charge in [0.2, 0.25) is 5.78 Å². The fourth-order valence-electron chi connectivity index (χ4n) is 1.83. The van der Waals surface area contributed by atoms with E-state index >= 15 is 0 Å². The number of ketones is 1. The second-order valence-corrected chi connectivity index (χ2v) is 5.41. The lowest BCUT2D eigenvalue weighted by Crippen LogP contribution is -2.15. The topological polar surface area (TPSA) is 89.3 Å². The van der Waals surface area contributed by atoms with Crippen LogP contribution in [-0.4, -0.2) is 23.2 Å². The maximum absolute atomic E-state index is 12.0. The van der Waals surface area contributed by atoms with Gasteiger partial charge >= 0.3 is 0 Å². The zero-order chi connectivity index (χ0) is 17.0. The van der Waals surface area contributed by atoms with Crippen LogP contribution in [0.5, 0.6) is 0 Å². The predicted molar refractivity (Wildman–Crippen MR) is 87.0 cm³/mol. The van der Waals surface area contributed by atoms with Crippen molar-refractivity contribution in [3.63, 3.8) is 0 Å². The molecule has 1 amide bonds. The standard InChI is InChI=1S/C15H10Cl2N2O4/c16-10-3-1-9(2-4-10)15(21)18-11-5-6-12(13(17)7-11)14(20)8-19(22)23/h1-7H,8H2,(H,18,21). The lowest BCUT2D eigenvalue weighted by molar-refractivity contribution is -0.465. The lowest BCUT2D eigenvalue weighted by Gasteiger charge is -2.07. The Bertz CT molecular complexity index is 776. The molecule has 1 N–H and O–H groups in total. The number of nitro groups is 1. The molecule has 0 aliphatic rings. The number of amides is 1. The molecule has 23 heavy (non-hydrogen) atoms. The highest BCUT2D eigenvalue weighted by molar-refractivity contribution is 6.34. The zero-order valence-corrected chi connectivity index (χ0v) is 13.1. The van der Waals surface area contributed by atoms with Gasteiger partial charge in [0.15, 0.2) is 0 Å². The van der Waals surface area contributed by atoms with Gasteiger partial charge in [-0.1, -0.05) is 23.2 Å². The van der Waals surface area contributed by atoms with Crippen molar-refractivity contribution in [2.45, 2.75) is 0 Å². The molecule has 0 radical (unpaired) electrons. The van der Waals surface area contributed by atoms with Crippen LogP contribution in [0, 0.1) is 10.1 Å². The van der Waals surface area contributed by atoms with Crippen LogP contribution in [-0.2, 0) is 0 Å². The summed E-state index contributed by atoms with van der Waals surface area (Å²) in [6, 6.07) is 10.5. The second-order valence-electron chi connectivity index (χ2n) is 4.57. The molecule has 118 valence electrons. The predicted octanol–water partition coefficient (Wildman–Crippen LogP) is 3.71. The number of nitrogens with zero attached hydrogens (tertiary/aromatic N) is 1. The molecule has 0 spiro atoms. The Morgan fingerprint density at radius 3 is 2.30 bits per heavy atom. The van der Waals surface area contributed by atoms with Crippen molar-refractivity contribution < 1.29 is 14.5 Å². The Hall–Kier alpha value is -2.44. The monoisotopic (exact) mass is 352 g/mol. The zero-order valence-electron chi connectivity index (χ0n) is 11.6. The molecule has 0 saturated heterocycles. The van der Waals surface area contributed by atoms with Gasteiger partial charge in [0.1, 0.15) is 0 Å². The number of rotatable bonds is 5. The molecule has 0 aromatic heterocycles. The van der Waals surface area contributed by atoms with Crippen molar-refractivity contribution in [1.29, 1.82) is 0 Å². The van der Waals surface area contributed by atoms with Gasteiger partial charge < -0.3 is 5.32 Å². The number of carbonyl (C=O) groups excluding carboxylic acids is 2. The number of anilines is 1. The molecule has 0 fully saturated rings. The van der Waals surface area contributed by atoms with E-state index in [2.05, 4.69) is 5.32 Å². The summed E-state index contributed by atoms with van der Waals surface area (Å²) in [7, 11) is 0. The molecule has 2 aromatic rings. The van der Waals surface area contributed by atoms with Crippen LogP contribution in [0.3, 0.4) is 0 Å². The third-order valence-corrected chi connectivity index (χ3v) is 3.47. The van der Waals surface area contributed by atoms with E-state index in [4.69, 9.17) is 23.2 Å². The number of benzene rings is 2. The number of hydrogen-bond acceptors (Lipinski definition) is 4. The van der Waals surface area contributed by atoms with Crippen molar-refractivity contribution in [3.8, 4) is 0 Å². The average molecular weight is 353 g/mol. The summed E-state index contributed by atoms with van der Waals surface area (Å²) in [6.07, 6.45) is 0. The number of halogens is 2. The summed E-state index contributed by atoms with van der Waals surface area (Å²) < 4.78 is 0. The SMILES string of the molecule is O=C(Nc1ccc(C(=O)C[N+](=O)[O-])c(Cl)c1)c1ccc(Cl)cc1. The van der Waals surface area contributed by atoms with Gasteiger partial charge in [0, 0.05) is 26.8 Å². The van der Waals surface area contributed by atoms with Gasteiger partial charge in [-0.2, -0.15) is 0 Å². The second kappa shape index (κ2) is 7.21. The molecule has 0 heterocycles. The van der Waals surface area contributed by atoms with Crippen molar-refractivity contribution in [2.75, 3.05) is 11.9 Å². The van der Waals surface area contributed by atoms with Gasteiger partial charge in [0.05, 0.1) is 5.02 Å². The first-order valence-corrected chi connectivity index (χ1v) is 7.14. The summed E-state index contributed by atoms with van der Waals surface area (Å²) in [5.41, 5.74) is 0.805. The maximum Gasteiger partial charge on any atom is 0.265 e. The minimum absolute atomic E-state index is 0.0331. The van der Waals surface area contributed by atoms with E-state index in [1.54, 1.807) is 24.3 Å². The molecule has 0 unspecified atom stereocenters. The third kappa shape index (κ3) is 4.51. The lowest BCUT2D eigenvalue weighted by atomic mass is 10.1. The fraction of sp³-hybridized carbons (Fsp3) is 0.0667. The number of carbonyl (C=O) groups is 2. The van der Waals surface area contributed by atoms with Crippen molar-refractivity contribution in [1.82, 2.24) is 0 Å². The Morgan fingerprint density at radius 2 is 1.74 bits per heavy atom. The maximum atomic E-state index is 12.0. The molecule has 6 nitrogen and oxygen atoms in total. The molecule has 0 aliphatic heterocycles. The number of hydrogen-bond donors (Lipinski definition) is 1. The largest absolute Gasteiger partial charge is 0.322 e. The first kappa shape index (κ1) is 16.9. The van der Waals surface area contributed by atoms with E-state index in [0.29, 0.717) is 16.3 Å². The summed E-state index contributed by atoms with van der Waals surface area (Å²) in [5.74, 6) is -1.07. The Morgan fingerprint density at radius 1 is 1.09 bits per heavy atom. The summed E-state index contributed by atoms with van der Waals surface area (Å²) in [6.45, 7) is -0.837. The van der Waals surface area contributed by atoms with E-state index in [-0.39, 0.29) is 16.5 Å². The molecule has 0 bridgehead atoms. The van der Waals surface area contributed by atoms with E-state index in [0.717, 1.165) is 0 Å². The van der Waals surface area contributed by atoms with Crippen molar-refractivity contribution in [2.24, 2.45) is 0 Å². The smallest absolute Gasteiger partial charge is 0.265 e. The van der Waals surface area contributed by atoms with E-state index in [1.165, 1.54) is 18.2 Å². The van der Waals surface area contributed by atoms with Crippen molar-refractivity contribution >= 4 is 40.6 Å². The third-order valence-electron chi connectivity index (χ3n) is 2.91. The average Bonchev–Trinajstić information content (AvgIpc) is 2.47. The van der Waals surface area contributed by atoms with Gasteiger partial charge in [-0.15, -0.1) is 0 Å². The minimum Gasteiger partial charge on any atom is -0.322 e. The van der Waals surface area contributed by atoms with Crippen molar-refractivity contribution in [3.05, 3.63) is 73.8 Å². The summed E-state index contributed by atoms with van der Waals surface area (Å²) in [5, 5.41) is 13.5. The van der Waals surface area contributed by atoms with E-state index in [9.17, 15) is 19.7 Å². The highest BCUT2D eigenvalue weighted by Crippen LogP contribution is 2.22. The van der Waals surface area contributed by atoms with Crippen LogP contribution in [0.4, 0.5) is 5.69 Å². The van der Waals surface area contributed by atoms with Crippen LogP contribution in [0.25, 0.3) is 0 Å². The highest BCUT2D eigenvalue weighted by atomic mass is 35.5. The molecular weight excluding hydrogens is 343 g/mol. The Kier molecular flexibility index (Phi) is 5.31. The first-order chi connectivity index (χ1) is 10.9. The van der Waals surface area contributed by atoms with Crippen LogP contribution in [0.2, 0.25) is 10.0 Å². The van der Waals surface area contributed by atoms with Crippen LogP contribution < -0.4 is 5.32 Å². The first-order valence-electron chi connectivity index (χ1n) is 6.38. The van der Waals surface area contributed by atoms with E-state index in [1.807, 2.05) is 0 Å². The molecular formula is C15H10Cl2N2O4. The Balaban J connectivity index is 2.14. The molecule has 2 rings (SSSR count). The minimum atomic E-state index is -0.837. The molecule has 2 aromatic carbocycles. The molecule has 0 aliphatic carbocycles.